The van der Waals surface area contributed by atoms with Crippen LogP contribution in [0.25, 0.3) is 0 Å². The van der Waals surface area contributed by atoms with E-state index in [-0.39, 0.29) is 17.7 Å². The molecule has 160 valence electrons. The average Bonchev–Trinajstić information content (AvgIpc) is 3.58. The lowest BCUT2D eigenvalue weighted by atomic mass is 9.76. The van der Waals surface area contributed by atoms with Crippen molar-refractivity contribution in [2.24, 2.45) is 16.8 Å². The summed E-state index contributed by atoms with van der Waals surface area (Å²) in [4.78, 5) is 41.6. The number of aromatic nitrogens is 1. The number of hydrogen-bond donors (Lipinski definition) is 0. The lowest BCUT2D eigenvalue weighted by molar-refractivity contribution is -0.140. The van der Waals surface area contributed by atoms with Gasteiger partial charge in [0.25, 0.3) is 5.91 Å². The molecule has 1 saturated heterocycles. The Morgan fingerprint density at radius 3 is 2.47 bits per heavy atom. The number of pyridine rings is 1. The maximum atomic E-state index is 13.1. The average molecular weight is 410 g/mol. The normalized spacial score (nSPS) is 29.5. The fourth-order valence-electron chi connectivity index (χ4n) is 5.21. The number of aliphatic imine (C=N–C) groups is 1. The van der Waals surface area contributed by atoms with Crippen molar-refractivity contribution in [3.05, 3.63) is 24.4 Å². The van der Waals surface area contributed by atoms with Crippen LogP contribution in [0.1, 0.15) is 45.4 Å². The first-order chi connectivity index (χ1) is 14.6. The Kier molecular flexibility index (Phi) is 4.99. The largest absolute Gasteiger partial charge is 0.353 e. The van der Waals surface area contributed by atoms with Crippen LogP contribution in [0.15, 0.2) is 29.4 Å². The molecule has 2 amide bonds. The molecule has 1 spiro atoms. The third-order valence-electron chi connectivity index (χ3n) is 7.27. The second-order valence-electron chi connectivity index (χ2n) is 9.32. The molecule has 0 aromatic carbocycles. The van der Waals surface area contributed by atoms with Gasteiger partial charge < -0.3 is 9.80 Å². The third kappa shape index (κ3) is 3.59. The van der Waals surface area contributed by atoms with E-state index in [1.807, 2.05) is 41.1 Å². The van der Waals surface area contributed by atoms with Crippen LogP contribution in [0.4, 0.5) is 5.82 Å². The molecular formula is C23H31N5O2. The van der Waals surface area contributed by atoms with Crippen molar-refractivity contribution in [3.63, 3.8) is 0 Å². The Labute approximate surface area is 178 Å². The summed E-state index contributed by atoms with van der Waals surface area (Å²) in [6.07, 6.45) is 7.20. The zero-order valence-electron chi connectivity index (χ0n) is 17.8. The SMILES string of the molecule is CC1=NC2(CCC(C(=O)N3CCN(c4ccccn4)CC3)CC2)C(=O)N1CC1CC1. The smallest absolute Gasteiger partial charge is 0.255 e. The Balaban J connectivity index is 1.15. The lowest BCUT2D eigenvalue weighted by Gasteiger charge is -2.39. The molecule has 5 rings (SSSR count). The summed E-state index contributed by atoms with van der Waals surface area (Å²) in [5.74, 6) is 2.98. The van der Waals surface area contributed by atoms with Crippen molar-refractivity contribution in [3.8, 4) is 0 Å². The van der Waals surface area contributed by atoms with Crippen molar-refractivity contribution in [1.29, 1.82) is 0 Å². The van der Waals surface area contributed by atoms with E-state index in [9.17, 15) is 9.59 Å². The van der Waals surface area contributed by atoms with Gasteiger partial charge in [-0.2, -0.15) is 0 Å². The molecule has 0 N–H and O–H groups in total. The fraction of sp³-hybridized carbons (Fsp3) is 0.652. The molecule has 4 aliphatic rings. The molecule has 30 heavy (non-hydrogen) atoms. The number of piperazine rings is 1. The molecule has 2 aliphatic heterocycles. The first-order valence-corrected chi connectivity index (χ1v) is 11.4. The number of amides is 2. The molecule has 1 aromatic heterocycles. The van der Waals surface area contributed by atoms with Crippen LogP contribution >= 0.6 is 0 Å². The van der Waals surface area contributed by atoms with Gasteiger partial charge >= 0.3 is 0 Å². The highest BCUT2D eigenvalue weighted by Crippen LogP contribution is 2.42. The number of rotatable bonds is 4. The van der Waals surface area contributed by atoms with Crippen molar-refractivity contribution in [1.82, 2.24) is 14.8 Å². The second kappa shape index (κ2) is 7.67. The van der Waals surface area contributed by atoms with Gasteiger partial charge in [0.05, 0.1) is 0 Å². The summed E-state index contributed by atoms with van der Waals surface area (Å²) >= 11 is 0. The lowest BCUT2D eigenvalue weighted by Crippen LogP contribution is -2.52. The molecular weight excluding hydrogens is 378 g/mol. The Hall–Kier alpha value is -2.44. The summed E-state index contributed by atoms with van der Waals surface area (Å²) < 4.78 is 0. The molecule has 0 bridgehead atoms. The number of carbonyl (C=O) groups is 2. The van der Waals surface area contributed by atoms with Gasteiger partial charge in [-0.1, -0.05) is 6.07 Å². The van der Waals surface area contributed by atoms with Crippen LogP contribution in [-0.4, -0.2) is 70.7 Å². The zero-order valence-corrected chi connectivity index (χ0v) is 17.8. The molecule has 0 radical (unpaired) electrons. The number of nitrogens with zero attached hydrogens (tertiary/aromatic N) is 5. The molecule has 1 aromatic rings. The van der Waals surface area contributed by atoms with E-state index in [0.717, 1.165) is 57.2 Å². The molecule has 7 nitrogen and oxygen atoms in total. The van der Waals surface area contributed by atoms with E-state index in [2.05, 4.69) is 9.88 Å². The van der Waals surface area contributed by atoms with Gasteiger partial charge in [0.2, 0.25) is 5.91 Å². The minimum atomic E-state index is -0.590. The first kappa shape index (κ1) is 19.5. The standard InChI is InChI=1S/C23H31N5O2/c1-17-25-23(22(30)28(17)16-18-5-6-18)9-7-19(8-10-23)21(29)27-14-12-26(13-15-27)20-4-2-3-11-24-20/h2-4,11,18-19H,5-10,12-16H2,1H3. The van der Waals surface area contributed by atoms with Gasteiger partial charge in [-0.15, -0.1) is 0 Å². The predicted molar refractivity (Wildman–Crippen MR) is 115 cm³/mol. The Morgan fingerprint density at radius 1 is 1.10 bits per heavy atom. The van der Waals surface area contributed by atoms with E-state index in [4.69, 9.17) is 4.99 Å². The maximum absolute atomic E-state index is 13.1. The third-order valence-corrected chi connectivity index (χ3v) is 7.27. The van der Waals surface area contributed by atoms with Crippen LogP contribution < -0.4 is 4.90 Å². The topological polar surface area (TPSA) is 69.1 Å². The molecule has 7 heteroatoms. The van der Waals surface area contributed by atoms with E-state index >= 15 is 0 Å². The highest BCUT2D eigenvalue weighted by atomic mass is 16.2. The van der Waals surface area contributed by atoms with Gasteiger partial charge in [-0.3, -0.25) is 19.5 Å². The van der Waals surface area contributed by atoms with Crippen LogP contribution in [0.2, 0.25) is 0 Å². The number of carbonyl (C=O) groups excluding carboxylic acids is 2. The summed E-state index contributed by atoms with van der Waals surface area (Å²) in [6, 6.07) is 5.94. The summed E-state index contributed by atoms with van der Waals surface area (Å²) in [5.41, 5.74) is -0.590. The van der Waals surface area contributed by atoms with Gasteiger partial charge in [-0.05, 0) is 63.5 Å². The summed E-state index contributed by atoms with van der Waals surface area (Å²) in [6.45, 7) is 5.91. The number of hydrogen-bond acceptors (Lipinski definition) is 5. The van der Waals surface area contributed by atoms with Crippen LogP contribution in [0.3, 0.4) is 0 Å². The predicted octanol–water partition coefficient (Wildman–Crippen LogP) is 2.33. The highest BCUT2D eigenvalue weighted by molar-refractivity contribution is 6.07. The van der Waals surface area contributed by atoms with Crippen LogP contribution in [0.5, 0.6) is 0 Å². The second-order valence-corrected chi connectivity index (χ2v) is 9.32. The Morgan fingerprint density at radius 2 is 1.83 bits per heavy atom. The van der Waals surface area contributed by atoms with E-state index in [1.165, 1.54) is 12.8 Å². The summed E-state index contributed by atoms with van der Waals surface area (Å²) in [7, 11) is 0. The molecule has 2 saturated carbocycles. The van der Waals surface area contributed by atoms with E-state index in [1.54, 1.807) is 0 Å². The molecule has 0 unspecified atom stereocenters. The van der Waals surface area contributed by atoms with Gasteiger partial charge in [0.15, 0.2) is 0 Å². The maximum Gasteiger partial charge on any atom is 0.255 e. The van der Waals surface area contributed by atoms with Crippen molar-refractivity contribution in [2.75, 3.05) is 37.6 Å². The number of amidine groups is 1. The zero-order chi connectivity index (χ0) is 20.7. The van der Waals surface area contributed by atoms with Gasteiger partial charge in [-0.25, -0.2) is 4.98 Å². The minimum Gasteiger partial charge on any atom is -0.353 e. The molecule has 3 heterocycles. The van der Waals surface area contributed by atoms with E-state index in [0.29, 0.717) is 18.8 Å². The molecule has 0 atom stereocenters. The van der Waals surface area contributed by atoms with Crippen LogP contribution in [0, 0.1) is 11.8 Å². The van der Waals surface area contributed by atoms with Crippen molar-refractivity contribution in [2.45, 2.75) is 51.0 Å². The van der Waals surface area contributed by atoms with Crippen molar-refractivity contribution >= 4 is 23.5 Å². The number of anilines is 1. The van der Waals surface area contributed by atoms with E-state index < -0.39 is 5.54 Å². The first-order valence-electron chi connectivity index (χ1n) is 11.4. The van der Waals surface area contributed by atoms with Gasteiger partial charge in [0.1, 0.15) is 17.2 Å². The van der Waals surface area contributed by atoms with Gasteiger partial charge in [0, 0.05) is 44.8 Å². The monoisotopic (exact) mass is 409 g/mol. The summed E-state index contributed by atoms with van der Waals surface area (Å²) in [5, 5.41) is 0. The molecule has 2 aliphatic carbocycles. The van der Waals surface area contributed by atoms with Crippen LogP contribution in [-0.2, 0) is 9.59 Å². The fourth-order valence-corrected chi connectivity index (χ4v) is 5.21. The highest BCUT2D eigenvalue weighted by Gasteiger charge is 2.50. The van der Waals surface area contributed by atoms with Crippen molar-refractivity contribution < 1.29 is 9.59 Å². The minimum absolute atomic E-state index is 0.0258. The Bertz CT molecular complexity index is 834. The quantitative estimate of drug-likeness (QED) is 0.765. The molecule has 3 fully saturated rings.